The van der Waals surface area contributed by atoms with Crippen LogP contribution in [0.5, 0.6) is 0 Å². The maximum Gasteiger partial charge on any atom is 0.163 e. The summed E-state index contributed by atoms with van der Waals surface area (Å²) in [4.78, 5) is 11.3. The molecule has 1 fully saturated rings. The highest BCUT2D eigenvalue weighted by atomic mass is 15.3. The van der Waals surface area contributed by atoms with Crippen LogP contribution in [-0.4, -0.2) is 42.1 Å². The molecule has 3 aromatic rings. The maximum atomic E-state index is 4.57. The van der Waals surface area contributed by atoms with Gasteiger partial charge in [0.05, 0.1) is 30.4 Å². The fourth-order valence-corrected chi connectivity index (χ4v) is 3.43. The van der Waals surface area contributed by atoms with E-state index in [9.17, 15) is 0 Å². The van der Waals surface area contributed by atoms with Crippen molar-refractivity contribution in [2.75, 3.05) is 11.4 Å². The average molecular weight is 311 g/mol. The summed E-state index contributed by atoms with van der Waals surface area (Å²) in [7, 11) is 1.92. The van der Waals surface area contributed by atoms with Crippen LogP contribution in [0.4, 0.5) is 5.82 Å². The molecule has 7 heteroatoms. The van der Waals surface area contributed by atoms with Crippen molar-refractivity contribution in [2.45, 2.75) is 38.8 Å². The molecule has 1 saturated heterocycles. The third-order valence-corrected chi connectivity index (χ3v) is 4.57. The van der Waals surface area contributed by atoms with Crippen molar-refractivity contribution in [2.24, 2.45) is 7.05 Å². The van der Waals surface area contributed by atoms with E-state index in [-0.39, 0.29) is 0 Å². The van der Waals surface area contributed by atoms with E-state index in [1.54, 1.807) is 11.0 Å². The van der Waals surface area contributed by atoms with E-state index in [2.05, 4.69) is 38.2 Å². The number of anilines is 1. The van der Waals surface area contributed by atoms with Crippen LogP contribution >= 0.6 is 0 Å². The maximum absolute atomic E-state index is 4.57. The first kappa shape index (κ1) is 14.2. The molecule has 0 aromatic carbocycles. The molecule has 120 valence electrons. The normalized spacial score (nSPS) is 18.7. The van der Waals surface area contributed by atoms with Gasteiger partial charge in [0.2, 0.25) is 0 Å². The molecule has 1 atom stereocenters. The van der Waals surface area contributed by atoms with Gasteiger partial charge in [-0.05, 0) is 31.7 Å². The van der Waals surface area contributed by atoms with Crippen LogP contribution in [0.3, 0.4) is 0 Å². The number of rotatable bonds is 3. The fraction of sp³-hybridized carbons (Fsp3) is 0.500. The van der Waals surface area contributed by atoms with Gasteiger partial charge in [0.25, 0.3) is 0 Å². The molecule has 3 aromatic heterocycles. The Kier molecular flexibility index (Phi) is 3.48. The van der Waals surface area contributed by atoms with Gasteiger partial charge in [-0.25, -0.2) is 9.97 Å². The molecule has 0 aliphatic carbocycles. The highest BCUT2D eigenvalue weighted by Gasteiger charge is 2.26. The zero-order chi connectivity index (χ0) is 15.8. The largest absolute Gasteiger partial charge is 0.351 e. The minimum Gasteiger partial charge on any atom is -0.351 e. The second-order valence-corrected chi connectivity index (χ2v) is 6.29. The molecule has 0 amide bonds. The Morgan fingerprint density at radius 3 is 2.91 bits per heavy atom. The zero-order valence-corrected chi connectivity index (χ0v) is 13.6. The van der Waals surface area contributed by atoms with Gasteiger partial charge in [-0.1, -0.05) is 0 Å². The van der Waals surface area contributed by atoms with E-state index in [1.807, 2.05) is 24.1 Å². The molecule has 4 rings (SSSR count). The lowest BCUT2D eigenvalue weighted by atomic mass is 10.0. The molecule has 1 aliphatic rings. The van der Waals surface area contributed by atoms with Crippen LogP contribution < -0.4 is 4.90 Å². The number of aryl methyl sites for hydroxylation is 2. The van der Waals surface area contributed by atoms with Gasteiger partial charge in [0, 0.05) is 19.8 Å². The number of fused-ring (bicyclic) bond motifs is 1. The van der Waals surface area contributed by atoms with Crippen LogP contribution in [0.25, 0.3) is 11.0 Å². The van der Waals surface area contributed by atoms with Crippen LogP contribution in [0, 0.1) is 6.92 Å². The number of hydrogen-bond donors (Lipinski definition) is 0. The van der Waals surface area contributed by atoms with E-state index >= 15 is 0 Å². The topological polar surface area (TPSA) is 64.7 Å². The van der Waals surface area contributed by atoms with Crippen molar-refractivity contribution in [1.82, 2.24) is 29.5 Å². The number of piperidine rings is 1. The Bertz CT molecular complexity index is 819. The van der Waals surface area contributed by atoms with Crippen molar-refractivity contribution in [3.63, 3.8) is 0 Å². The second kappa shape index (κ2) is 5.64. The van der Waals surface area contributed by atoms with Crippen LogP contribution in [-0.2, 0) is 13.6 Å². The lowest BCUT2D eigenvalue weighted by Gasteiger charge is -2.36. The molecule has 1 aliphatic heterocycles. The van der Waals surface area contributed by atoms with Crippen molar-refractivity contribution in [3.05, 3.63) is 30.5 Å². The van der Waals surface area contributed by atoms with Crippen molar-refractivity contribution < 1.29 is 0 Å². The fourth-order valence-electron chi connectivity index (χ4n) is 3.43. The predicted molar refractivity (Wildman–Crippen MR) is 88.3 cm³/mol. The lowest BCUT2D eigenvalue weighted by molar-refractivity contribution is 0.397. The standard InChI is InChI=1S/C16H21N7/c1-12-7-20-22(9-12)10-13-5-3-4-6-23(13)16-14-8-19-21(2)15(14)17-11-18-16/h7-9,11,13H,3-6,10H2,1-2H3/t13-/m1/s1. The van der Waals surface area contributed by atoms with Gasteiger partial charge in [-0.2, -0.15) is 10.2 Å². The van der Waals surface area contributed by atoms with Gasteiger partial charge in [0.15, 0.2) is 5.65 Å². The quantitative estimate of drug-likeness (QED) is 0.739. The second-order valence-electron chi connectivity index (χ2n) is 6.29. The number of aromatic nitrogens is 6. The summed E-state index contributed by atoms with van der Waals surface area (Å²) >= 11 is 0. The Hall–Kier alpha value is -2.44. The molecule has 7 nitrogen and oxygen atoms in total. The molecule has 0 bridgehead atoms. The third kappa shape index (κ3) is 2.56. The first-order chi connectivity index (χ1) is 11.2. The van der Waals surface area contributed by atoms with Crippen molar-refractivity contribution in [3.8, 4) is 0 Å². The van der Waals surface area contributed by atoms with Gasteiger partial charge >= 0.3 is 0 Å². The first-order valence-electron chi connectivity index (χ1n) is 8.11. The summed E-state index contributed by atoms with van der Waals surface area (Å²) in [5.74, 6) is 0.997. The smallest absolute Gasteiger partial charge is 0.163 e. The lowest BCUT2D eigenvalue weighted by Crippen LogP contribution is -2.43. The van der Waals surface area contributed by atoms with Gasteiger partial charge in [-0.3, -0.25) is 9.36 Å². The summed E-state index contributed by atoms with van der Waals surface area (Å²) in [6.45, 7) is 3.98. The predicted octanol–water partition coefficient (Wildman–Crippen LogP) is 1.93. The summed E-state index contributed by atoms with van der Waals surface area (Å²) in [6.07, 6.45) is 11.1. The first-order valence-corrected chi connectivity index (χ1v) is 8.11. The Balaban J connectivity index is 1.69. The molecule has 0 unspecified atom stereocenters. The average Bonchev–Trinajstić information content (AvgIpc) is 3.14. The summed E-state index contributed by atoms with van der Waals surface area (Å²) in [5.41, 5.74) is 2.08. The summed E-state index contributed by atoms with van der Waals surface area (Å²) < 4.78 is 3.84. The monoisotopic (exact) mass is 311 g/mol. The minimum atomic E-state index is 0.404. The Labute approximate surface area is 134 Å². The highest BCUT2D eigenvalue weighted by molar-refractivity contribution is 5.86. The van der Waals surface area contributed by atoms with Crippen molar-refractivity contribution >= 4 is 16.9 Å². The number of nitrogens with zero attached hydrogens (tertiary/aromatic N) is 7. The molecular weight excluding hydrogens is 290 g/mol. The van der Waals surface area contributed by atoms with E-state index in [0.717, 1.165) is 36.4 Å². The van der Waals surface area contributed by atoms with E-state index in [0.29, 0.717) is 6.04 Å². The van der Waals surface area contributed by atoms with Crippen LogP contribution in [0.2, 0.25) is 0 Å². The minimum absolute atomic E-state index is 0.404. The Morgan fingerprint density at radius 2 is 2.09 bits per heavy atom. The SMILES string of the molecule is Cc1cnn(C[C@H]2CCCCN2c2ncnc3c2cnn3C)c1. The van der Waals surface area contributed by atoms with Gasteiger partial charge in [0.1, 0.15) is 12.1 Å². The van der Waals surface area contributed by atoms with Gasteiger partial charge in [-0.15, -0.1) is 0 Å². The molecular formula is C16H21N7. The molecule has 23 heavy (non-hydrogen) atoms. The van der Waals surface area contributed by atoms with E-state index < -0.39 is 0 Å². The molecule has 4 heterocycles. The highest BCUT2D eigenvalue weighted by Crippen LogP contribution is 2.29. The van der Waals surface area contributed by atoms with Crippen LogP contribution in [0.15, 0.2) is 24.9 Å². The summed E-state index contributed by atoms with van der Waals surface area (Å²) in [6, 6.07) is 0.404. The molecule has 0 saturated carbocycles. The molecule has 0 radical (unpaired) electrons. The van der Waals surface area contributed by atoms with E-state index in [1.165, 1.54) is 18.4 Å². The van der Waals surface area contributed by atoms with Crippen LogP contribution in [0.1, 0.15) is 24.8 Å². The van der Waals surface area contributed by atoms with Gasteiger partial charge < -0.3 is 4.90 Å². The molecule has 0 spiro atoms. The summed E-state index contributed by atoms with van der Waals surface area (Å²) in [5, 5.41) is 9.81. The van der Waals surface area contributed by atoms with E-state index in [4.69, 9.17) is 0 Å². The third-order valence-electron chi connectivity index (χ3n) is 4.57. The number of hydrogen-bond acceptors (Lipinski definition) is 5. The van der Waals surface area contributed by atoms with Crippen molar-refractivity contribution in [1.29, 1.82) is 0 Å². The zero-order valence-electron chi connectivity index (χ0n) is 13.6. The Morgan fingerprint density at radius 1 is 1.17 bits per heavy atom. The molecule has 0 N–H and O–H groups in total.